The van der Waals surface area contributed by atoms with E-state index in [1.165, 1.54) is 27.8 Å². The van der Waals surface area contributed by atoms with Gasteiger partial charge in [-0.25, -0.2) is 0 Å². The molecular formula is C17H20N2O. The van der Waals surface area contributed by atoms with Crippen LogP contribution in [0.4, 0.5) is 0 Å². The average Bonchev–Trinajstić information content (AvgIpc) is 2.92. The lowest BCUT2D eigenvalue weighted by molar-refractivity contribution is 0.134. The Morgan fingerprint density at radius 3 is 2.80 bits per heavy atom. The number of nitrogens with zero attached hydrogens (tertiary/aromatic N) is 1. The molecule has 1 aromatic heterocycles. The minimum absolute atomic E-state index is 0.193. The van der Waals surface area contributed by atoms with Gasteiger partial charge in [0.25, 0.3) is 0 Å². The number of hydrogen-bond acceptors (Lipinski definition) is 3. The molecule has 3 heteroatoms. The van der Waals surface area contributed by atoms with Gasteiger partial charge in [0.05, 0.1) is 19.3 Å². The number of fused-ring (bicyclic) bond motifs is 1. The smallest absolute Gasteiger partial charge is 0.0725 e. The number of aryl methyl sites for hydroxylation is 1. The second-order valence-corrected chi connectivity index (χ2v) is 5.31. The van der Waals surface area contributed by atoms with E-state index >= 15 is 0 Å². The quantitative estimate of drug-likeness (QED) is 0.925. The Hall–Kier alpha value is -1.71. The van der Waals surface area contributed by atoms with Gasteiger partial charge in [-0.3, -0.25) is 4.98 Å². The Kier molecular flexibility index (Phi) is 3.81. The van der Waals surface area contributed by atoms with Crippen molar-refractivity contribution in [2.45, 2.75) is 33.1 Å². The largest absolute Gasteiger partial charge is 0.372 e. The van der Waals surface area contributed by atoms with Crippen LogP contribution in [-0.4, -0.2) is 11.5 Å². The van der Waals surface area contributed by atoms with Gasteiger partial charge in [0, 0.05) is 12.4 Å². The van der Waals surface area contributed by atoms with Crippen LogP contribution < -0.4 is 5.32 Å². The molecule has 3 rings (SSSR count). The molecule has 1 unspecified atom stereocenters. The zero-order valence-corrected chi connectivity index (χ0v) is 12.0. The highest BCUT2D eigenvalue weighted by Gasteiger charge is 2.17. The second kappa shape index (κ2) is 5.73. The number of ether oxygens (including phenoxy) is 1. The van der Waals surface area contributed by atoms with Crippen molar-refractivity contribution in [1.82, 2.24) is 10.3 Å². The lowest BCUT2D eigenvalue weighted by atomic mass is 9.96. The summed E-state index contributed by atoms with van der Waals surface area (Å²) < 4.78 is 5.50. The zero-order valence-electron chi connectivity index (χ0n) is 12.0. The molecule has 1 aromatic carbocycles. The maximum absolute atomic E-state index is 5.50. The second-order valence-electron chi connectivity index (χ2n) is 5.31. The fraction of sp³-hybridized carbons (Fsp3) is 0.353. The summed E-state index contributed by atoms with van der Waals surface area (Å²) in [7, 11) is 0. The van der Waals surface area contributed by atoms with Crippen LogP contribution in [0, 0.1) is 6.92 Å². The van der Waals surface area contributed by atoms with Crippen LogP contribution in [-0.2, 0) is 18.0 Å². The number of rotatable bonds is 4. The van der Waals surface area contributed by atoms with Gasteiger partial charge in [0.1, 0.15) is 0 Å². The number of hydrogen-bond donors (Lipinski definition) is 1. The first-order chi connectivity index (χ1) is 9.78. The molecule has 0 amide bonds. The van der Waals surface area contributed by atoms with E-state index < -0.39 is 0 Å². The number of benzene rings is 1. The van der Waals surface area contributed by atoms with E-state index in [2.05, 4.69) is 48.4 Å². The van der Waals surface area contributed by atoms with Crippen LogP contribution in [0.1, 0.15) is 40.8 Å². The molecule has 0 bridgehead atoms. The van der Waals surface area contributed by atoms with Crippen LogP contribution >= 0.6 is 0 Å². The van der Waals surface area contributed by atoms with Gasteiger partial charge in [-0.1, -0.05) is 31.2 Å². The predicted molar refractivity (Wildman–Crippen MR) is 79.4 cm³/mol. The highest BCUT2D eigenvalue weighted by molar-refractivity contribution is 5.38. The molecule has 0 fully saturated rings. The van der Waals surface area contributed by atoms with Crippen molar-refractivity contribution in [2.75, 3.05) is 6.54 Å². The maximum atomic E-state index is 5.50. The minimum atomic E-state index is 0.193. The fourth-order valence-electron chi connectivity index (χ4n) is 2.74. The van der Waals surface area contributed by atoms with Gasteiger partial charge in [-0.15, -0.1) is 0 Å². The van der Waals surface area contributed by atoms with Gasteiger partial charge in [-0.05, 0) is 41.3 Å². The number of pyridine rings is 1. The third-order valence-electron chi connectivity index (χ3n) is 3.72. The molecule has 0 saturated carbocycles. The van der Waals surface area contributed by atoms with Crippen molar-refractivity contribution >= 4 is 0 Å². The van der Waals surface area contributed by atoms with Gasteiger partial charge in [-0.2, -0.15) is 0 Å². The van der Waals surface area contributed by atoms with Crippen molar-refractivity contribution in [3.63, 3.8) is 0 Å². The first-order valence-electron chi connectivity index (χ1n) is 7.12. The molecular weight excluding hydrogens is 248 g/mol. The van der Waals surface area contributed by atoms with Crippen LogP contribution in [0.3, 0.4) is 0 Å². The molecule has 1 aliphatic rings. The molecule has 0 spiro atoms. The Balaban J connectivity index is 1.98. The fourth-order valence-corrected chi connectivity index (χ4v) is 2.74. The van der Waals surface area contributed by atoms with Crippen molar-refractivity contribution in [3.05, 3.63) is 64.5 Å². The highest BCUT2D eigenvalue weighted by Crippen LogP contribution is 2.27. The van der Waals surface area contributed by atoms with E-state index in [4.69, 9.17) is 4.74 Å². The van der Waals surface area contributed by atoms with Crippen molar-refractivity contribution in [3.8, 4) is 0 Å². The van der Waals surface area contributed by atoms with E-state index in [1.807, 2.05) is 12.4 Å². The molecule has 0 radical (unpaired) electrons. The summed E-state index contributed by atoms with van der Waals surface area (Å²) in [6.07, 6.45) is 3.84. The Bertz CT molecular complexity index is 610. The Labute approximate surface area is 120 Å². The molecule has 0 aliphatic carbocycles. The summed E-state index contributed by atoms with van der Waals surface area (Å²) in [6, 6.07) is 9.04. The van der Waals surface area contributed by atoms with Crippen LogP contribution in [0.2, 0.25) is 0 Å². The van der Waals surface area contributed by atoms with Gasteiger partial charge < -0.3 is 10.1 Å². The standard InChI is InChI=1S/C17H20N2O/c1-3-19-17(15-6-12(2)8-18-9-15)13-4-5-14-10-20-11-16(14)7-13/h4-9,17,19H,3,10-11H2,1-2H3. The molecule has 3 nitrogen and oxygen atoms in total. The van der Waals surface area contributed by atoms with E-state index in [1.54, 1.807) is 0 Å². The van der Waals surface area contributed by atoms with Crippen LogP contribution in [0.25, 0.3) is 0 Å². The molecule has 104 valence electrons. The predicted octanol–water partition coefficient (Wildman–Crippen LogP) is 3.12. The van der Waals surface area contributed by atoms with Crippen LogP contribution in [0.5, 0.6) is 0 Å². The van der Waals surface area contributed by atoms with E-state index in [0.29, 0.717) is 0 Å². The Morgan fingerprint density at radius 2 is 2.00 bits per heavy atom. The van der Waals surface area contributed by atoms with Crippen LogP contribution in [0.15, 0.2) is 36.7 Å². The van der Waals surface area contributed by atoms with Gasteiger partial charge >= 0.3 is 0 Å². The summed E-state index contributed by atoms with van der Waals surface area (Å²) in [5.74, 6) is 0. The summed E-state index contributed by atoms with van der Waals surface area (Å²) in [6.45, 7) is 6.61. The summed E-state index contributed by atoms with van der Waals surface area (Å²) in [5.41, 5.74) is 6.31. The monoisotopic (exact) mass is 268 g/mol. The molecule has 1 atom stereocenters. The molecule has 2 aromatic rings. The summed E-state index contributed by atoms with van der Waals surface area (Å²) in [4.78, 5) is 4.32. The third-order valence-corrected chi connectivity index (χ3v) is 3.72. The topological polar surface area (TPSA) is 34.2 Å². The molecule has 0 saturated heterocycles. The van der Waals surface area contributed by atoms with E-state index in [-0.39, 0.29) is 6.04 Å². The maximum Gasteiger partial charge on any atom is 0.0725 e. The average molecular weight is 268 g/mol. The molecule has 1 N–H and O–H groups in total. The van der Waals surface area contributed by atoms with E-state index in [9.17, 15) is 0 Å². The summed E-state index contributed by atoms with van der Waals surface area (Å²) >= 11 is 0. The first kappa shape index (κ1) is 13.3. The SMILES string of the molecule is CCNC(c1cncc(C)c1)c1ccc2c(c1)COC2. The number of aromatic nitrogens is 1. The number of nitrogens with one attached hydrogen (secondary N) is 1. The molecule has 2 heterocycles. The van der Waals surface area contributed by atoms with Gasteiger partial charge in [0.15, 0.2) is 0 Å². The zero-order chi connectivity index (χ0) is 13.9. The van der Waals surface area contributed by atoms with Crippen molar-refractivity contribution < 1.29 is 4.74 Å². The third kappa shape index (κ3) is 2.60. The normalized spacial score (nSPS) is 15.1. The first-order valence-corrected chi connectivity index (χ1v) is 7.12. The van der Waals surface area contributed by atoms with Crippen molar-refractivity contribution in [2.24, 2.45) is 0 Å². The van der Waals surface area contributed by atoms with Crippen molar-refractivity contribution in [1.29, 1.82) is 0 Å². The highest BCUT2D eigenvalue weighted by atomic mass is 16.5. The Morgan fingerprint density at radius 1 is 1.15 bits per heavy atom. The minimum Gasteiger partial charge on any atom is -0.372 e. The van der Waals surface area contributed by atoms with Gasteiger partial charge in [0.2, 0.25) is 0 Å². The molecule has 20 heavy (non-hydrogen) atoms. The lowest BCUT2D eigenvalue weighted by Gasteiger charge is -2.19. The molecule has 1 aliphatic heterocycles. The lowest BCUT2D eigenvalue weighted by Crippen LogP contribution is -2.22. The summed E-state index contributed by atoms with van der Waals surface area (Å²) in [5, 5.41) is 3.55. The van der Waals surface area contributed by atoms with E-state index in [0.717, 1.165) is 19.8 Å².